The summed E-state index contributed by atoms with van der Waals surface area (Å²) in [5, 5.41) is 0. The van der Waals surface area contributed by atoms with Gasteiger partial charge in [0.05, 0.1) is 7.11 Å². The molecule has 1 aliphatic rings. The molecule has 19 heavy (non-hydrogen) atoms. The standard InChI is InChI=1S/C16H26N2O/c1-13-10-14(4-5-15(13)19-3)6-9-18(2)12-16(11-17)7-8-16/h4-5,10H,6-9,11-12,17H2,1-3H3. The van der Waals surface area contributed by atoms with Crippen molar-refractivity contribution < 1.29 is 4.74 Å². The number of aryl methyl sites for hydroxylation is 1. The topological polar surface area (TPSA) is 38.5 Å². The first-order chi connectivity index (χ1) is 9.08. The maximum atomic E-state index is 5.84. The van der Waals surface area contributed by atoms with E-state index in [2.05, 4.69) is 37.1 Å². The van der Waals surface area contributed by atoms with Crippen molar-refractivity contribution in [1.82, 2.24) is 4.90 Å². The van der Waals surface area contributed by atoms with Crippen LogP contribution in [0.4, 0.5) is 0 Å². The second-order valence-electron chi connectivity index (χ2n) is 6.00. The first-order valence-electron chi connectivity index (χ1n) is 7.11. The van der Waals surface area contributed by atoms with Crippen molar-refractivity contribution >= 4 is 0 Å². The Kier molecular flexibility index (Phi) is 4.48. The Morgan fingerprint density at radius 2 is 2.11 bits per heavy atom. The molecule has 0 bridgehead atoms. The van der Waals surface area contributed by atoms with Gasteiger partial charge in [0.15, 0.2) is 0 Å². The predicted molar refractivity (Wildman–Crippen MR) is 79.7 cm³/mol. The first-order valence-corrected chi connectivity index (χ1v) is 7.11. The molecule has 1 saturated carbocycles. The van der Waals surface area contributed by atoms with Gasteiger partial charge in [-0.1, -0.05) is 12.1 Å². The van der Waals surface area contributed by atoms with E-state index in [9.17, 15) is 0 Å². The van der Waals surface area contributed by atoms with Crippen LogP contribution >= 0.6 is 0 Å². The van der Waals surface area contributed by atoms with Gasteiger partial charge in [-0.2, -0.15) is 0 Å². The van der Waals surface area contributed by atoms with E-state index >= 15 is 0 Å². The lowest BCUT2D eigenvalue weighted by molar-refractivity contribution is 0.269. The zero-order chi connectivity index (χ0) is 13.9. The third-order valence-electron chi connectivity index (χ3n) is 4.24. The molecule has 0 unspecified atom stereocenters. The van der Waals surface area contributed by atoms with Crippen molar-refractivity contribution in [3.05, 3.63) is 29.3 Å². The second kappa shape index (κ2) is 5.93. The molecule has 3 heteroatoms. The molecule has 0 atom stereocenters. The van der Waals surface area contributed by atoms with E-state index in [0.717, 1.165) is 31.8 Å². The molecule has 0 aliphatic heterocycles. The van der Waals surface area contributed by atoms with Gasteiger partial charge in [-0.05, 0) is 62.4 Å². The van der Waals surface area contributed by atoms with Gasteiger partial charge in [0.1, 0.15) is 5.75 Å². The lowest BCUT2D eigenvalue weighted by Crippen LogP contribution is -2.32. The number of nitrogens with two attached hydrogens (primary N) is 1. The summed E-state index contributed by atoms with van der Waals surface area (Å²) in [4.78, 5) is 2.42. The van der Waals surface area contributed by atoms with E-state index in [4.69, 9.17) is 10.5 Å². The van der Waals surface area contributed by atoms with Gasteiger partial charge < -0.3 is 15.4 Å². The molecule has 1 aromatic carbocycles. The third-order valence-corrected chi connectivity index (χ3v) is 4.24. The molecule has 1 fully saturated rings. The van der Waals surface area contributed by atoms with Crippen molar-refractivity contribution in [3.63, 3.8) is 0 Å². The van der Waals surface area contributed by atoms with Crippen LogP contribution in [0.25, 0.3) is 0 Å². The van der Waals surface area contributed by atoms with E-state index < -0.39 is 0 Å². The predicted octanol–water partition coefficient (Wildman–Crippen LogP) is 2.22. The lowest BCUT2D eigenvalue weighted by Gasteiger charge is -2.22. The van der Waals surface area contributed by atoms with Crippen molar-refractivity contribution in [3.8, 4) is 5.75 Å². The summed E-state index contributed by atoms with van der Waals surface area (Å²) < 4.78 is 5.29. The molecule has 2 N–H and O–H groups in total. The zero-order valence-electron chi connectivity index (χ0n) is 12.4. The minimum atomic E-state index is 0.435. The molecule has 0 amide bonds. The number of ether oxygens (including phenoxy) is 1. The first kappa shape index (κ1) is 14.4. The molecule has 1 aliphatic carbocycles. The summed E-state index contributed by atoms with van der Waals surface area (Å²) in [5.41, 5.74) is 8.86. The maximum absolute atomic E-state index is 5.84. The van der Waals surface area contributed by atoms with Crippen LogP contribution in [0, 0.1) is 12.3 Å². The van der Waals surface area contributed by atoms with Crippen LogP contribution in [-0.4, -0.2) is 38.7 Å². The quantitative estimate of drug-likeness (QED) is 0.819. The minimum Gasteiger partial charge on any atom is -0.496 e. The Hall–Kier alpha value is -1.06. The Labute approximate surface area is 116 Å². The van der Waals surface area contributed by atoms with Crippen LogP contribution in [0.3, 0.4) is 0 Å². The maximum Gasteiger partial charge on any atom is 0.121 e. The fourth-order valence-corrected chi connectivity index (χ4v) is 2.67. The Morgan fingerprint density at radius 3 is 2.63 bits per heavy atom. The van der Waals surface area contributed by atoms with E-state index in [1.54, 1.807) is 7.11 Å². The fourth-order valence-electron chi connectivity index (χ4n) is 2.67. The van der Waals surface area contributed by atoms with Crippen molar-refractivity contribution in [2.45, 2.75) is 26.2 Å². The Morgan fingerprint density at radius 1 is 1.37 bits per heavy atom. The van der Waals surface area contributed by atoms with Gasteiger partial charge in [-0.25, -0.2) is 0 Å². The molecule has 2 rings (SSSR count). The smallest absolute Gasteiger partial charge is 0.121 e. The van der Waals surface area contributed by atoms with Crippen LogP contribution < -0.4 is 10.5 Å². The average molecular weight is 262 g/mol. The Balaban J connectivity index is 1.83. The van der Waals surface area contributed by atoms with Gasteiger partial charge in [0.25, 0.3) is 0 Å². The van der Waals surface area contributed by atoms with Crippen LogP contribution in [0.15, 0.2) is 18.2 Å². The molecular weight excluding hydrogens is 236 g/mol. The molecule has 3 nitrogen and oxygen atoms in total. The van der Waals surface area contributed by atoms with Crippen LogP contribution in [0.5, 0.6) is 5.75 Å². The number of hydrogen-bond acceptors (Lipinski definition) is 3. The van der Waals surface area contributed by atoms with Gasteiger partial charge in [-0.15, -0.1) is 0 Å². The molecule has 0 saturated heterocycles. The Bertz CT molecular complexity index is 427. The molecule has 0 aromatic heterocycles. The summed E-state index contributed by atoms with van der Waals surface area (Å²) in [6.45, 7) is 5.16. The normalized spacial score (nSPS) is 16.7. The van der Waals surface area contributed by atoms with Crippen molar-refractivity contribution in [1.29, 1.82) is 0 Å². The number of nitrogens with zero attached hydrogens (tertiary/aromatic N) is 1. The van der Waals surface area contributed by atoms with Crippen LogP contribution in [0.2, 0.25) is 0 Å². The third kappa shape index (κ3) is 3.71. The van der Waals surface area contributed by atoms with E-state index in [1.165, 1.54) is 24.0 Å². The second-order valence-corrected chi connectivity index (χ2v) is 6.00. The van der Waals surface area contributed by atoms with Crippen LogP contribution in [-0.2, 0) is 6.42 Å². The summed E-state index contributed by atoms with van der Waals surface area (Å²) in [5.74, 6) is 0.970. The van der Waals surface area contributed by atoms with Crippen LogP contribution in [0.1, 0.15) is 24.0 Å². The van der Waals surface area contributed by atoms with Crippen molar-refractivity contribution in [2.24, 2.45) is 11.1 Å². The summed E-state index contributed by atoms with van der Waals surface area (Å²) in [7, 11) is 3.92. The monoisotopic (exact) mass is 262 g/mol. The van der Waals surface area contributed by atoms with Crippen molar-refractivity contribution in [2.75, 3.05) is 33.8 Å². The number of hydrogen-bond donors (Lipinski definition) is 1. The number of rotatable bonds is 7. The molecule has 0 spiro atoms. The average Bonchev–Trinajstić information content (AvgIpc) is 3.17. The fraction of sp³-hybridized carbons (Fsp3) is 0.625. The number of likely N-dealkylation sites (N-methyl/N-ethyl adjacent to an activating group) is 1. The van der Waals surface area contributed by atoms with Gasteiger partial charge in [-0.3, -0.25) is 0 Å². The zero-order valence-corrected chi connectivity index (χ0v) is 12.4. The highest BCUT2D eigenvalue weighted by atomic mass is 16.5. The van der Waals surface area contributed by atoms with E-state index in [0.29, 0.717) is 5.41 Å². The number of methoxy groups -OCH3 is 1. The lowest BCUT2D eigenvalue weighted by atomic mass is 10.1. The molecule has 0 heterocycles. The highest BCUT2D eigenvalue weighted by molar-refractivity contribution is 5.36. The van der Waals surface area contributed by atoms with Gasteiger partial charge >= 0.3 is 0 Å². The molecule has 1 aromatic rings. The molecule has 106 valence electrons. The highest BCUT2D eigenvalue weighted by Crippen LogP contribution is 2.44. The van der Waals surface area contributed by atoms with E-state index in [1.807, 2.05) is 0 Å². The van der Waals surface area contributed by atoms with Gasteiger partial charge in [0.2, 0.25) is 0 Å². The highest BCUT2D eigenvalue weighted by Gasteiger charge is 2.41. The van der Waals surface area contributed by atoms with Gasteiger partial charge in [0, 0.05) is 13.1 Å². The molecule has 0 radical (unpaired) electrons. The summed E-state index contributed by atoms with van der Waals surface area (Å²) in [6.07, 6.45) is 3.69. The minimum absolute atomic E-state index is 0.435. The number of benzene rings is 1. The summed E-state index contributed by atoms with van der Waals surface area (Å²) in [6, 6.07) is 6.45. The molecular formula is C16H26N2O. The SMILES string of the molecule is COc1ccc(CCN(C)CC2(CN)CC2)cc1C. The largest absolute Gasteiger partial charge is 0.496 e. The summed E-state index contributed by atoms with van der Waals surface area (Å²) >= 11 is 0. The van der Waals surface area contributed by atoms with E-state index in [-0.39, 0.29) is 0 Å².